The Hall–Kier alpha value is -1.75. The van der Waals surface area contributed by atoms with Crippen LogP contribution in [-0.4, -0.2) is 16.9 Å². The Morgan fingerprint density at radius 3 is 2.72 bits per heavy atom. The molecular weight excluding hydrogens is 234 g/mol. The number of ether oxygens (including phenoxy) is 2. The van der Waals surface area contributed by atoms with Crippen LogP contribution in [0.3, 0.4) is 0 Å². The van der Waals surface area contributed by atoms with Crippen LogP contribution in [0.25, 0.3) is 0 Å². The first-order chi connectivity index (χ1) is 8.58. The van der Waals surface area contributed by atoms with Crippen molar-refractivity contribution in [1.29, 1.82) is 0 Å². The first kappa shape index (κ1) is 11.3. The van der Waals surface area contributed by atoms with E-state index in [1.807, 2.05) is 0 Å². The fraction of sp³-hybridized carbons (Fsp3) is 0.462. The molecule has 0 aromatic heterocycles. The van der Waals surface area contributed by atoms with Crippen molar-refractivity contribution in [2.45, 2.75) is 37.5 Å². The van der Waals surface area contributed by atoms with Gasteiger partial charge in [-0.1, -0.05) is 6.07 Å². The maximum absolute atomic E-state index is 10.6. The number of carbonyl (C=O) groups is 1. The standard InChI is InChI=1S/C13H15NO4/c14-9(7-12(15)16)8-2-3-10-11(6-8)18-13(17-10)4-1-5-13/h2-3,6,9H,1,4-5,7,14H2,(H,15,16). The third kappa shape index (κ3) is 1.80. The highest BCUT2D eigenvalue weighted by molar-refractivity contribution is 5.68. The van der Waals surface area contributed by atoms with Gasteiger partial charge in [0.05, 0.1) is 6.42 Å². The average Bonchev–Trinajstić information content (AvgIpc) is 2.65. The number of carboxylic acid groups (broad SMARTS) is 1. The highest BCUT2D eigenvalue weighted by Crippen LogP contribution is 2.48. The van der Waals surface area contributed by atoms with Crippen LogP contribution in [0.15, 0.2) is 18.2 Å². The molecule has 2 aliphatic rings. The average molecular weight is 249 g/mol. The lowest BCUT2D eigenvalue weighted by Crippen LogP contribution is -2.45. The molecule has 1 heterocycles. The Balaban J connectivity index is 1.80. The van der Waals surface area contributed by atoms with Crippen molar-refractivity contribution >= 4 is 5.97 Å². The first-order valence-electron chi connectivity index (χ1n) is 6.07. The Morgan fingerprint density at radius 2 is 2.11 bits per heavy atom. The molecule has 1 aromatic carbocycles. The maximum Gasteiger partial charge on any atom is 0.305 e. The van der Waals surface area contributed by atoms with Crippen molar-refractivity contribution in [3.05, 3.63) is 23.8 Å². The molecule has 3 rings (SSSR count). The van der Waals surface area contributed by atoms with E-state index in [9.17, 15) is 4.79 Å². The summed E-state index contributed by atoms with van der Waals surface area (Å²) < 4.78 is 11.6. The van der Waals surface area contributed by atoms with Gasteiger partial charge in [0.2, 0.25) is 0 Å². The number of nitrogens with two attached hydrogens (primary N) is 1. The topological polar surface area (TPSA) is 81.8 Å². The van der Waals surface area contributed by atoms with Crippen LogP contribution in [0.1, 0.15) is 37.3 Å². The van der Waals surface area contributed by atoms with Gasteiger partial charge in [-0.25, -0.2) is 0 Å². The van der Waals surface area contributed by atoms with Gasteiger partial charge < -0.3 is 20.3 Å². The van der Waals surface area contributed by atoms with E-state index < -0.39 is 17.8 Å². The minimum Gasteiger partial charge on any atom is -0.481 e. The van der Waals surface area contributed by atoms with Gasteiger partial charge in [-0.3, -0.25) is 4.79 Å². The van der Waals surface area contributed by atoms with Crippen molar-refractivity contribution in [3.63, 3.8) is 0 Å². The predicted molar refractivity (Wildman–Crippen MR) is 63.5 cm³/mol. The van der Waals surface area contributed by atoms with Crippen LogP contribution in [0.2, 0.25) is 0 Å². The number of aliphatic carboxylic acids is 1. The van der Waals surface area contributed by atoms with Gasteiger partial charge in [0, 0.05) is 18.9 Å². The van der Waals surface area contributed by atoms with Crippen molar-refractivity contribution < 1.29 is 19.4 Å². The minimum atomic E-state index is -0.907. The second-order valence-electron chi connectivity index (χ2n) is 4.88. The molecule has 18 heavy (non-hydrogen) atoms. The van der Waals surface area contributed by atoms with Crippen LogP contribution >= 0.6 is 0 Å². The quantitative estimate of drug-likeness (QED) is 0.853. The fourth-order valence-corrected chi connectivity index (χ4v) is 2.32. The maximum atomic E-state index is 10.6. The second kappa shape index (κ2) is 3.88. The lowest BCUT2D eigenvalue weighted by atomic mass is 9.91. The molecule has 5 nitrogen and oxygen atoms in total. The fourth-order valence-electron chi connectivity index (χ4n) is 2.32. The van der Waals surface area contributed by atoms with Gasteiger partial charge >= 0.3 is 5.97 Å². The van der Waals surface area contributed by atoms with E-state index in [1.54, 1.807) is 18.2 Å². The molecule has 0 radical (unpaired) electrons. The molecule has 0 saturated heterocycles. The van der Waals surface area contributed by atoms with Gasteiger partial charge in [0.15, 0.2) is 11.5 Å². The summed E-state index contributed by atoms with van der Waals surface area (Å²) >= 11 is 0. The highest BCUT2D eigenvalue weighted by atomic mass is 16.7. The molecular formula is C13H15NO4. The molecule has 1 saturated carbocycles. The summed E-state index contributed by atoms with van der Waals surface area (Å²) in [4.78, 5) is 10.6. The zero-order valence-electron chi connectivity index (χ0n) is 9.89. The van der Waals surface area contributed by atoms with Crippen molar-refractivity contribution in [2.75, 3.05) is 0 Å². The smallest absolute Gasteiger partial charge is 0.305 e. The zero-order valence-corrected chi connectivity index (χ0v) is 9.89. The number of hydrogen-bond acceptors (Lipinski definition) is 4. The molecule has 1 fully saturated rings. The van der Waals surface area contributed by atoms with E-state index in [0.717, 1.165) is 30.6 Å². The molecule has 3 N–H and O–H groups in total. The van der Waals surface area contributed by atoms with Gasteiger partial charge in [0.1, 0.15) is 0 Å². The Morgan fingerprint density at radius 1 is 1.39 bits per heavy atom. The SMILES string of the molecule is NC(CC(=O)O)c1ccc2c(c1)OC1(CCC1)O2. The molecule has 0 bridgehead atoms. The summed E-state index contributed by atoms with van der Waals surface area (Å²) in [7, 11) is 0. The minimum absolute atomic E-state index is 0.0925. The summed E-state index contributed by atoms with van der Waals surface area (Å²) in [6, 6.07) is 4.87. The molecule has 5 heteroatoms. The van der Waals surface area contributed by atoms with Crippen LogP contribution in [0.4, 0.5) is 0 Å². The Labute approximate surface area is 104 Å². The molecule has 1 aliphatic carbocycles. The lowest BCUT2D eigenvalue weighted by molar-refractivity contribution is -0.139. The molecule has 1 aromatic rings. The largest absolute Gasteiger partial charge is 0.481 e. The van der Waals surface area contributed by atoms with Gasteiger partial charge in [-0.2, -0.15) is 0 Å². The van der Waals surface area contributed by atoms with Crippen molar-refractivity contribution in [1.82, 2.24) is 0 Å². The van der Waals surface area contributed by atoms with E-state index in [-0.39, 0.29) is 6.42 Å². The molecule has 1 aliphatic heterocycles. The number of carboxylic acids is 1. The number of hydrogen-bond donors (Lipinski definition) is 2. The zero-order chi connectivity index (χ0) is 12.8. The third-order valence-corrected chi connectivity index (χ3v) is 3.50. The second-order valence-corrected chi connectivity index (χ2v) is 4.88. The summed E-state index contributed by atoms with van der Waals surface area (Å²) in [6.07, 6.45) is 2.82. The first-order valence-corrected chi connectivity index (χ1v) is 6.07. The molecule has 1 atom stereocenters. The van der Waals surface area contributed by atoms with Gasteiger partial charge in [-0.15, -0.1) is 0 Å². The number of rotatable bonds is 3. The van der Waals surface area contributed by atoms with E-state index >= 15 is 0 Å². The van der Waals surface area contributed by atoms with E-state index in [2.05, 4.69) is 0 Å². The van der Waals surface area contributed by atoms with E-state index in [1.165, 1.54) is 0 Å². The summed E-state index contributed by atoms with van der Waals surface area (Å²) in [5, 5.41) is 8.73. The van der Waals surface area contributed by atoms with Crippen molar-refractivity contribution in [3.8, 4) is 11.5 Å². The van der Waals surface area contributed by atoms with Gasteiger partial charge in [0.25, 0.3) is 5.79 Å². The summed E-state index contributed by atoms with van der Waals surface area (Å²) in [5.41, 5.74) is 6.59. The monoisotopic (exact) mass is 249 g/mol. The third-order valence-electron chi connectivity index (χ3n) is 3.50. The molecule has 1 unspecified atom stereocenters. The van der Waals surface area contributed by atoms with Crippen LogP contribution in [0.5, 0.6) is 11.5 Å². The number of fused-ring (bicyclic) bond motifs is 1. The Kier molecular flexibility index (Phi) is 2.45. The normalized spacial score (nSPS) is 20.5. The lowest BCUT2D eigenvalue weighted by Gasteiger charge is -2.35. The van der Waals surface area contributed by atoms with E-state index in [4.69, 9.17) is 20.3 Å². The predicted octanol–water partition coefficient (Wildman–Crippen LogP) is 1.81. The molecule has 96 valence electrons. The summed E-state index contributed by atoms with van der Waals surface area (Å²) in [6.45, 7) is 0. The van der Waals surface area contributed by atoms with E-state index in [0.29, 0.717) is 5.75 Å². The van der Waals surface area contributed by atoms with Crippen LogP contribution in [-0.2, 0) is 4.79 Å². The Bertz CT molecular complexity index is 496. The molecule has 0 amide bonds. The summed E-state index contributed by atoms with van der Waals surface area (Å²) in [5.74, 6) is 0.0299. The van der Waals surface area contributed by atoms with Crippen LogP contribution < -0.4 is 15.2 Å². The number of benzene rings is 1. The molecule has 1 spiro atoms. The van der Waals surface area contributed by atoms with Crippen molar-refractivity contribution in [2.24, 2.45) is 5.73 Å². The highest BCUT2D eigenvalue weighted by Gasteiger charge is 2.47. The van der Waals surface area contributed by atoms with Crippen LogP contribution in [0, 0.1) is 0 Å². The van der Waals surface area contributed by atoms with Gasteiger partial charge in [-0.05, 0) is 24.1 Å².